The van der Waals surface area contributed by atoms with Gasteiger partial charge in [-0.05, 0) is 25.3 Å². The molecule has 0 aromatic carbocycles. The van der Waals surface area contributed by atoms with Crippen molar-refractivity contribution < 1.29 is 0 Å². The van der Waals surface area contributed by atoms with Crippen molar-refractivity contribution in [1.29, 1.82) is 0 Å². The summed E-state index contributed by atoms with van der Waals surface area (Å²) in [5, 5.41) is 3.57. The largest absolute Gasteiger partial charge is 0.351 e. The number of nitrogens with one attached hydrogen (secondary N) is 1. The Morgan fingerprint density at radius 1 is 1.38 bits per heavy atom. The van der Waals surface area contributed by atoms with Crippen molar-refractivity contribution in [3.05, 3.63) is 18.0 Å². The first-order valence-electron chi connectivity index (χ1n) is 4.43. The summed E-state index contributed by atoms with van der Waals surface area (Å²) in [5.74, 6) is 0.708. The first-order chi connectivity index (χ1) is 6.24. The fraction of sp³-hybridized carbons (Fsp3) is 0.556. The van der Waals surface area contributed by atoms with Gasteiger partial charge in [0.1, 0.15) is 0 Å². The van der Waals surface area contributed by atoms with Crippen molar-refractivity contribution in [2.75, 3.05) is 5.32 Å². The van der Waals surface area contributed by atoms with Gasteiger partial charge in [0.25, 0.3) is 0 Å². The number of aromatic nitrogens is 2. The maximum Gasteiger partial charge on any atom is 0.222 e. The number of halogens is 1. The van der Waals surface area contributed by atoms with E-state index in [-0.39, 0.29) is 0 Å². The molecular formula is C9H12ClN3. The van der Waals surface area contributed by atoms with Gasteiger partial charge in [0.05, 0.1) is 0 Å². The van der Waals surface area contributed by atoms with Gasteiger partial charge in [-0.2, -0.15) is 0 Å². The minimum absolute atomic E-state index is 0.336. The highest BCUT2D eigenvalue weighted by Crippen LogP contribution is 2.27. The third kappa shape index (κ3) is 2.10. The number of rotatable bonds is 2. The molecule has 0 aliphatic heterocycles. The standard InChI is InChI=1S/C9H12ClN3/c1-6-4-11-9(12-5-6)13-8-2-7(10)3-8/h4-5,7-8H,2-3H2,1H3,(H,11,12,13). The molecule has 1 aliphatic rings. The van der Waals surface area contributed by atoms with E-state index in [0.29, 0.717) is 17.4 Å². The lowest BCUT2D eigenvalue weighted by Crippen LogP contribution is -2.36. The lowest BCUT2D eigenvalue weighted by Gasteiger charge is -2.31. The summed E-state index contributed by atoms with van der Waals surface area (Å²) in [6, 6.07) is 0.463. The van der Waals surface area contributed by atoms with Gasteiger partial charge in [-0.15, -0.1) is 11.6 Å². The fourth-order valence-electron chi connectivity index (χ4n) is 1.32. The predicted molar refractivity (Wildman–Crippen MR) is 53.1 cm³/mol. The van der Waals surface area contributed by atoms with E-state index in [0.717, 1.165) is 18.4 Å². The Hall–Kier alpha value is -0.830. The van der Waals surface area contributed by atoms with Crippen molar-refractivity contribution in [3.63, 3.8) is 0 Å². The van der Waals surface area contributed by atoms with Crippen LogP contribution in [0.2, 0.25) is 0 Å². The Balaban J connectivity index is 1.91. The van der Waals surface area contributed by atoms with Crippen LogP contribution in [0.1, 0.15) is 18.4 Å². The van der Waals surface area contributed by atoms with Gasteiger partial charge in [-0.25, -0.2) is 9.97 Å². The van der Waals surface area contributed by atoms with E-state index in [4.69, 9.17) is 11.6 Å². The van der Waals surface area contributed by atoms with Gasteiger partial charge in [0.15, 0.2) is 0 Å². The van der Waals surface area contributed by atoms with Crippen molar-refractivity contribution in [3.8, 4) is 0 Å². The monoisotopic (exact) mass is 197 g/mol. The van der Waals surface area contributed by atoms with E-state index in [1.165, 1.54) is 0 Å². The first kappa shape index (κ1) is 8.75. The van der Waals surface area contributed by atoms with E-state index in [9.17, 15) is 0 Å². The molecule has 1 fully saturated rings. The average molecular weight is 198 g/mol. The summed E-state index contributed by atoms with van der Waals surface area (Å²) in [6.07, 6.45) is 5.65. The zero-order valence-electron chi connectivity index (χ0n) is 7.50. The van der Waals surface area contributed by atoms with Gasteiger partial charge in [0, 0.05) is 23.8 Å². The summed E-state index contributed by atoms with van der Waals surface area (Å²) in [6.45, 7) is 1.97. The van der Waals surface area contributed by atoms with Crippen LogP contribution in [0, 0.1) is 6.92 Å². The number of alkyl halides is 1. The molecule has 0 spiro atoms. The molecule has 1 aromatic rings. The number of aryl methyl sites for hydroxylation is 1. The molecule has 4 heteroatoms. The number of nitrogens with zero attached hydrogens (tertiary/aromatic N) is 2. The second kappa shape index (κ2) is 3.50. The molecule has 3 nitrogen and oxygen atoms in total. The maximum atomic E-state index is 5.85. The van der Waals surface area contributed by atoms with E-state index in [2.05, 4.69) is 15.3 Å². The molecule has 0 saturated heterocycles. The van der Waals surface area contributed by atoms with Crippen LogP contribution in [-0.4, -0.2) is 21.4 Å². The zero-order chi connectivity index (χ0) is 9.26. The molecule has 1 saturated carbocycles. The van der Waals surface area contributed by atoms with Crippen molar-refractivity contribution in [2.45, 2.75) is 31.2 Å². The Labute approximate surface area is 82.5 Å². The van der Waals surface area contributed by atoms with Crippen LogP contribution in [0.4, 0.5) is 5.95 Å². The van der Waals surface area contributed by atoms with Crippen molar-refractivity contribution in [2.24, 2.45) is 0 Å². The maximum absolute atomic E-state index is 5.85. The summed E-state index contributed by atoms with van der Waals surface area (Å²) in [4.78, 5) is 8.32. The topological polar surface area (TPSA) is 37.8 Å². The SMILES string of the molecule is Cc1cnc(NC2CC(Cl)C2)nc1. The second-order valence-electron chi connectivity index (χ2n) is 3.49. The molecule has 0 radical (unpaired) electrons. The average Bonchev–Trinajstić information content (AvgIpc) is 2.06. The molecule has 2 rings (SSSR count). The minimum atomic E-state index is 0.336. The lowest BCUT2D eigenvalue weighted by atomic mass is 9.93. The molecule has 1 aliphatic carbocycles. The molecular weight excluding hydrogens is 186 g/mol. The van der Waals surface area contributed by atoms with Gasteiger partial charge in [-0.3, -0.25) is 0 Å². The smallest absolute Gasteiger partial charge is 0.222 e. The third-order valence-corrected chi connectivity index (χ3v) is 2.55. The molecule has 70 valence electrons. The predicted octanol–water partition coefficient (Wildman–Crippen LogP) is 1.97. The summed E-state index contributed by atoms with van der Waals surface area (Å²) >= 11 is 5.85. The molecule has 1 heterocycles. The van der Waals surface area contributed by atoms with E-state index >= 15 is 0 Å². The quantitative estimate of drug-likeness (QED) is 0.737. The molecule has 0 bridgehead atoms. The van der Waals surface area contributed by atoms with Crippen LogP contribution < -0.4 is 5.32 Å². The highest BCUT2D eigenvalue weighted by molar-refractivity contribution is 6.21. The lowest BCUT2D eigenvalue weighted by molar-refractivity contribution is 0.452. The first-order valence-corrected chi connectivity index (χ1v) is 4.87. The van der Waals surface area contributed by atoms with E-state index in [1.807, 2.05) is 19.3 Å². The summed E-state index contributed by atoms with van der Waals surface area (Å²) < 4.78 is 0. The molecule has 13 heavy (non-hydrogen) atoms. The van der Waals surface area contributed by atoms with Crippen molar-refractivity contribution in [1.82, 2.24) is 9.97 Å². The molecule has 0 unspecified atom stereocenters. The van der Waals surface area contributed by atoms with Crippen LogP contribution in [0.15, 0.2) is 12.4 Å². The molecule has 0 atom stereocenters. The Morgan fingerprint density at radius 3 is 2.54 bits per heavy atom. The number of hydrogen-bond donors (Lipinski definition) is 1. The second-order valence-corrected chi connectivity index (χ2v) is 4.11. The Morgan fingerprint density at radius 2 is 2.00 bits per heavy atom. The van der Waals surface area contributed by atoms with Gasteiger partial charge in [0.2, 0.25) is 5.95 Å². The van der Waals surface area contributed by atoms with E-state index in [1.54, 1.807) is 0 Å². The Kier molecular flexibility index (Phi) is 2.36. The van der Waals surface area contributed by atoms with Gasteiger partial charge >= 0.3 is 0 Å². The third-order valence-electron chi connectivity index (χ3n) is 2.19. The zero-order valence-corrected chi connectivity index (χ0v) is 8.25. The van der Waals surface area contributed by atoms with Gasteiger partial charge < -0.3 is 5.32 Å². The fourth-order valence-corrected chi connectivity index (χ4v) is 1.75. The number of hydrogen-bond acceptors (Lipinski definition) is 3. The highest BCUT2D eigenvalue weighted by Gasteiger charge is 2.27. The van der Waals surface area contributed by atoms with Crippen LogP contribution in [0.5, 0.6) is 0 Å². The molecule has 1 aromatic heterocycles. The van der Waals surface area contributed by atoms with Crippen molar-refractivity contribution >= 4 is 17.5 Å². The van der Waals surface area contributed by atoms with Gasteiger partial charge in [-0.1, -0.05) is 0 Å². The minimum Gasteiger partial charge on any atom is -0.351 e. The summed E-state index contributed by atoms with van der Waals surface area (Å²) in [7, 11) is 0. The Bertz CT molecular complexity index is 279. The number of anilines is 1. The van der Waals surface area contributed by atoms with Crippen LogP contribution in [-0.2, 0) is 0 Å². The molecule has 1 N–H and O–H groups in total. The van der Waals surface area contributed by atoms with Crippen LogP contribution >= 0.6 is 11.6 Å². The normalized spacial score (nSPS) is 26.6. The summed E-state index contributed by atoms with van der Waals surface area (Å²) in [5.41, 5.74) is 1.08. The van der Waals surface area contributed by atoms with Crippen LogP contribution in [0.3, 0.4) is 0 Å². The van der Waals surface area contributed by atoms with Crippen LogP contribution in [0.25, 0.3) is 0 Å². The molecule has 0 amide bonds. The highest BCUT2D eigenvalue weighted by atomic mass is 35.5. The van der Waals surface area contributed by atoms with E-state index < -0.39 is 0 Å².